The van der Waals surface area contributed by atoms with Gasteiger partial charge in [-0.25, -0.2) is 9.78 Å². The molecule has 122 valence electrons. The van der Waals surface area contributed by atoms with Crippen molar-refractivity contribution in [3.8, 4) is 22.8 Å². The van der Waals surface area contributed by atoms with Crippen molar-refractivity contribution in [1.29, 1.82) is 0 Å². The summed E-state index contributed by atoms with van der Waals surface area (Å²) in [6.07, 6.45) is 0. The van der Waals surface area contributed by atoms with Crippen LogP contribution >= 0.6 is 0 Å². The highest BCUT2D eigenvalue weighted by atomic mass is 16.5. The molecule has 0 saturated carbocycles. The Morgan fingerprint density at radius 1 is 1.12 bits per heavy atom. The van der Waals surface area contributed by atoms with E-state index >= 15 is 0 Å². The first-order chi connectivity index (χ1) is 11.6. The molecule has 2 aromatic carbocycles. The minimum Gasteiger partial charge on any atom is -0.493 e. The smallest absolute Gasteiger partial charge is 0.336 e. The molecule has 0 aliphatic heterocycles. The zero-order chi connectivity index (χ0) is 17.1. The van der Waals surface area contributed by atoms with Gasteiger partial charge in [0.25, 0.3) is 0 Å². The first-order valence-corrected chi connectivity index (χ1v) is 7.58. The highest BCUT2D eigenvalue weighted by Crippen LogP contribution is 2.34. The SMILES string of the molecule is CCOc1cc2c(C(=O)O)cc(-c3ccccc3)nc2cc1OC. The Balaban J connectivity index is 2.29. The molecule has 3 aromatic rings. The van der Waals surface area contributed by atoms with Crippen LogP contribution in [0.15, 0.2) is 48.5 Å². The molecular formula is C19H17NO4. The first-order valence-electron chi connectivity index (χ1n) is 7.58. The highest BCUT2D eigenvalue weighted by Gasteiger charge is 2.16. The lowest BCUT2D eigenvalue weighted by Crippen LogP contribution is -2.02. The molecular weight excluding hydrogens is 306 g/mol. The summed E-state index contributed by atoms with van der Waals surface area (Å²) >= 11 is 0. The van der Waals surface area contributed by atoms with Crippen LogP contribution in [-0.4, -0.2) is 29.8 Å². The Morgan fingerprint density at radius 3 is 2.50 bits per heavy atom. The summed E-state index contributed by atoms with van der Waals surface area (Å²) in [4.78, 5) is 16.3. The fraction of sp³-hybridized carbons (Fsp3) is 0.158. The number of rotatable bonds is 5. The molecule has 0 unspecified atom stereocenters. The summed E-state index contributed by atoms with van der Waals surface area (Å²) in [6.45, 7) is 2.32. The van der Waals surface area contributed by atoms with Gasteiger partial charge in [-0.15, -0.1) is 0 Å². The maximum Gasteiger partial charge on any atom is 0.336 e. The number of ether oxygens (including phenoxy) is 2. The fourth-order valence-electron chi connectivity index (χ4n) is 2.60. The summed E-state index contributed by atoms with van der Waals surface area (Å²) in [6, 6.07) is 14.4. The molecule has 5 nitrogen and oxygen atoms in total. The topological polar surface area (TPSA) is 68.7 Å². The molecule has 24 heavy (non-hydrogen) atoms. The molecule has 1 N–H and O–H groups in total. The Hall–Kier alpha value is -3.08. The maximum absolute atomic E-state index is 11.7. The number of hydrogen-bond donors (Lipinski definition) is 1. The van der Waals surface area contributed by atoms with E-state index in [1.54, 1.807) is 25.3 Å². The largest absolute Gasteiger partial charge is 0.493 e. The van der Waals surface area contributed by atoms with Gasteiger partial charge in [-0.05, 0) is 19.1 Å². The molecule has 0 radical (unpaired) electrons. The van der Waals surface area contributed by atoms with Gasteiger partial charge in [0.2, 0.25) is 0 Å². The van der Waals surface area contributed by atoms with Crippen LogP contribution in [0.4, 0.5) is 0 Å². The Bertz CT molecular complexity index is 891. The van der Waals surface area contributed by atoms with Gasteiger partial charge in [0.1, 0.15) is 0 Å². The molecule has 0 aliphatic carbocycles. The van der Waals surface area contributed by atoms with Crippen LogP contribution in [0.2, 0.25) is 0 Å². The average molecular weight is 323 g/mol. The van der Waals surface area contributed by atoms with Crippen molar-refractivity contribution in [3.63, 3.8) is 0 Å². The number of carboxylic acid groups (broad SMARTS) is 1. The number of carbonyl (C=O) groups is 1. The van der Waals surface area contributed by atoms with E-state index in [0.717, 1.165) is 5.56 Å². The molecule has 0 bridgehead atoms. The predicted octanol–water partition coefficient (Wildman–Crippen LogP) is 4.01. The Kier molecular flexibility index (Phi) is 4.33. The van der Waals surface area contributed by atoms with Crippen molar-refractivity contribution in [2.75, 3.05) is 13.7 Å². The van der Waals surface area contributed by atoms with Crippen LogP contribution in [0, 0.1) is 0 Å². The number of carboxylic acids is 1. The van der Waals surface area contributed by atoms with Crippen molar-refractivity contribution in [3.05, 3.63) is 54.1 Å². The second-order valence-electron chi connectivity index (χ2n) is 5.18. The number of nitrogens with zero attached hydrogens (tertiary/aromatic N) is 1. The number of fused-ring (bicyclic) bond motifs is 1. The van der Waals surface area contributed by atoms with Gasteiger partial charge in [-0.3, -0.25) is 0 Å². The van der Waals surface area contributed by atoms with Crippen LogP contribution in [0.3, 0.4) is 0 Å². The molecule has 0 fully saturated rings. The van der Waals surface area contributed by atoms with Crippen LogP contribution < -0.4 is 9.47 Å². The lowest BCUT2D eigenvalue weighted by atomic mass is 10.0. The quantitative estimate of drug-likeness (QED) is 0.768. The highest BCUT2D eigenvalue weighted by molar-refractivity contribution is 6.04. The molecule has 0 saturated heterocycles. The summed E-state index contributed by atoms with van der Waals surface area (Å²) in [5.74, 6) is 0.0230. The molecule has 0 amide bonds. The van der Waals surface area contributed by atoms with Crippen molar-refractivity contribution in [2.24, 2.45) is 0 Å². The third kappa shape index (κ3) is 2.88. The van der Waals surface area contributed by atoms with Gasteiger partial charge >= 0.3 is 5.97 Å². The van der Waals surface area contributed by atoms with Crippen LogP contribution in [0.5, 0.6) is 11.5 Å². The third-order valence-electron chi connectivity index (χ3n) is 3.69. The van der Waals surface area contributed by atoms with E-state index in [1.807, 2.05) is 37.3 Å². The monoisotopic (exact) mass is 323 g/mol. The van der Waals surface area contributed by atoms with E-state index in [4.69, 9.17) is 9.47 Å². The summed E-state index contributed by atoms with van der Waals surface area (Å²) in [7, 11) is 1.54. The van der Waals surface area contributed by atoms with Gasteiger partial charge in [0.15, 0.2) is 11.5 Å². The minimum atomic E-state index is -1.01. The van der Waals surface area contributed by atoms with Crippen molar-refractivity contribution in [2.45, 2.75) is 6.92 Å². The summed E-state index contributed by atoms with van der Waals surface area (Å²) in [5.41, 5.74) is 2.19. The van der Waals surface area contributed by atoms with E-state index in [2.05, 4.69) is 4.98 Å². The zero-order valence-corrected chi connectivity index (χ0v) is 13.4. The van der Waals surface area contributed by atoms with E-state index < -0.39 is 5.97 Å². The maximum atomic E-state index is 11.7. The molecule has 1 aromatic heterocycles. The van der Waals surface area contributed by atoms with Gasteiger partial charge in [-0.2, -0.15) is 0 Å². The summed E-state index contributed by atoms with van der Waals surface area (Å²) in [5, 5.41) is 10.1. The zero-order valence-electron chi connectivity index (χ0n) is 13.4. The Labute approximate surface area is 139 Å². The second-order valence-corrected chi connectivity index (χ2v) is 5.18. The minimum absolute atomic E-state index is 0.183. The number of aromatic nitrogens is 1. The fourth-order valence-corrected chi connectivity index (χ4v) is 2.60. The molecule has 3 rings (SSSR count). The predicted molar refractivity (Wildman–Crippen MR) is 91.9 cm³/mol. The van der Waals surface area contributed by atoms with Crippen molar-refractivity contribution < 1.29 is 19.4 Å². The second kappa shape index (κ2) is 6.58. The van der Waals surface area contributed by atoms with Crippen LogP contribution in [0.1, 0.15) is 17.3 Å². The van der Waals surface area contributed by atoms with Gasteiger partial charge in [-0.1, -0.05) is 30.3 Å². The Morgan fingerprint density at radius 2 is 1.88 bits per heavy atom. The molecule has 0 spiro atoms. The lowest BCUT2D eigenvalue weighted by Gasteiger charge is -2.13. The third-order valence-corrected chi connectivity index (χ3v) is 3.69. The normalized spacial score (nSPS) is 10.6. The molecule has 0 aliphatic rings. The van der Waals surface area contributed by atoms with Crippen LogP contribution in [0.25, 0.3) is 22.2 Å². The van der Waals surface area contributed by atoms with Crippen molar-refractivity contribution >= 4 is 16.9 Å². The number of aromatic carboxylic acids is 1. The standard InChI is InChI=1S/C19H17NO4/c1-3-24-18-10-13-14(19(21)22)9-15(12-7-5-4-6-8-12)20-16(13)11-17(18)23-2/h4-11H,3H2,1-2H3,(H,21,22). The first kappa shape index (κ1) is 15.8. The van der Waals surface area contributed by atoms with Crippen molar-refractivity contribution in [1.82, 2.24) is 4.98 Å². The van der Waals surface area contributed by atoms with Crippen LogP contribution in [-0.2, 0) is 0 Å². The number of benzene rings is 2. The molecule has 1 heterocycles. The molecule has 0 atom stereocenters. The van der Waals surface area contributed by atoms with E-state index in [0.29, 0.717) is 34.7 Å². The average Bonchev–Trinajstić information content (AvgIpc) is 2.61. The number of hydrogen-bond acceptors (Lipinski definition) is 4. The number of methoxy groups -OCH3 is 1. The summed E-state index contributed by atoms with van der Waals surface area (Å²) < 4.78 is 10.9. The van der Waals surface area contributed by atoms with Gasteiger partial charge in [0.05, 0.1) is 30.5 Å². The van der Waals surface area contributed by atoms with Gasteiger partial charge < -0.3 is 14.6 Å². The van der Waals surface area contributed by atoms with E-state index in [-0.39, 0.29) is 5.56 Å². The molecule has 5 heteroatoms. The van der Waals surface area contributed by atoms with E-state index in [9.17, 15) is 9.90 Å². The number of pyridine rings is 1. The van der Waals surface area contributed by atoms with Gasteiger partial charge in [0, 0.05) is 17.0 Å². The lowest BCUT2D eigenvalue weighted by molar-refractivity contribution is 0.0699. The van der Waals surface area contributed by atoms with E-state index in [1.165, 1.54) is 0 Å².